The number of nitrogens with zero attached hydrogens (tertiary/aromatic N) is 3. The SMILES string of the molecule is Cn1c(CCC(N)=O)nnc1SCc1c(Cl)cccc1Cl. The van der Waals surface area contributed by atoms with Gasteiger partial charge >= 0.3 is 0 Å². The van der Waals surface area contributed by atoms with Crippen molar-refractivity contribution in [2.24, 2.45) is 12.8 Å². The van der Waals surface area contributed by atoms with Crippen LogP contribution in [0.15, 0.2) is 23.4 Å². The lowest BCUT2D eigenvalue weighted by molar-refractivity contribution is -0.118. The molecule has 1 aromatic heterocycles. The summed E-state index contributed by atoms with van der Waals surface area (Å²) in [7, 11) is 1.85. The van der Waals surface area contributed by atoms with E-state index in [4.69, 9.17) is 28.9 Å². The first kappa shape index (κ1) is 16.1. The molecule has 1 aromatic carbocycles. The normalized spacial score (nSPS) is 10.8. The zero-order chi connectivity index (χ0) is 15.4. The first-order chi connectivity index (χ1) is 9.99. The van der Waals surface area contributed by atoms with Crippen molar-refractivity contribution < 1.29 is 4.79 Å². The molecule has 2 aromatic rings. The summed E-state index contributed by atoms with van der Waals surface area (Å²) < 4.78 is 1.85. The topological polar surface area (TPSA) is 73.8 Å². The second-order valence-electron chi connectivity index (χ2n) is 4.41. The van der Waals surface area contributed by atoms with Crippen molar-refractivity contribution in [3.05, 3.63) is 39.6 Å². The Morgan fingerprint density at radius 2 is 2.00 bits per heavy atom. The molecule has 0 radical (unpaired) electrons. The lowest BCUT2D eigenvalue weighted by Crippen LogP contribution is -2.12. The van der Waals surface area contributed by atoms with Gasteiger partial charge in [-0.25, -0.2) is 0 Å². The van der Waals surface area contributed by atoms with E-state index in [1.54, 1.807) is 12.1 Å². The van der Waals surface area contributed by atoms with E-state index in [0.29, 0.717) is 22.2 Å². The number of thioether (sulfide) groups is 1. The fourth-order valence-corrected chi connectivity index (χ4v) is 3.40. The van der Waals surface area contributed by atoms with Gasteiger partial charge < -0.3 is 10.3 Å². The Bertz CT molecular complexity index is 639. The van der Waals surface area contributed by atoms with Crippen molar-refractivity contribution in [2.75, 3.05) is 0 Å². The quantitative estimate of drug-likeness (QED) is 0.817. The highest BCUT2D eigenvalue weighted by molar-refractivity contribution is 7.98. The number of primary amides is 1. The minimum absolute atomic E-state index is 0.257. The fourth-order valence-electron chi connectivity index (χ4n) is 1.73. The minimum Gasteiger partial charge on any atom is -0.370 e. The largest absolute Gasteiger partial charge is 0.370 e. The number of carbonyl (C=O) groups is 1. The van der Waals surface area contributed by atoms with E-state index in [9.17, 15) is 4.79 Å². The van der Waals surface area contributed by atoms with Gasteiger partial charge in [-0.2, -0.15) is 0 Å². The summed E-state index contributed by atoms with van der Waals surface area (Å²) in [6.45, 7) is 0. The third-order valence-corrected chi connectivity index (χ3v) is 4.68. The van der Waals surface area contributed by atoms with Crippen molar-refractivity contribution >= 4 is 40.9 Å². The zero-order valence-electron chi connectivity index (χ0n) is 11.3. The average molecular weight is 345 g/mol. The van der Waals surface area contributed by atoms with E-state index < -0.39 is 0 Å². The first-order valence-corrected chi connectivity index (χ1v) is 7.95. The van der Waals surface area contributed by atoms with Gasteiger partial charge in [0.15, 0.2) is 5.16 Å². The van der Waals surface area contributed by atoms with Crippen LogP contribution in [-0.4, -0.2) is 20.7 Å². The molecule has 1 heterocycles. The summed E-state index contributed by atoms with van der Waals surface area (Å²) in [5.74, 6) is 0.969. The maximum atomic E-state index is 10.8. The molecule has 5 nitrogen and oxygen atoms in total. The summed E-state index contributed by atoms with van der Waals surface area (Å²) in [6.07, 6.45) is 0.735. The van der Waals surface area contributed by atoms with E-state index in [1.165, 1.54) is 11.8 Å². The van der Waals surface area contributed by atoms with Crippen molar-refractivity contribution in [3.63, 3.8) is 0 Å². The van der Waals surface area contributed by atoms with E-state index >= 15 is 0 Å². The van der Waals surface area contributed by atoms with Gasteiger partial charge in [0, 0.05) is 35.7 Å². The van der Waals surface area contributed by atoms with Crippen LogP contribution in [0.5, 0.6) is 0 Å². The Morgan fingerprint density at radius 1 is 1.33 bits per heavy atom. The van der Waals surface area contributed by atoms with Crippen LogP contribution in [0.25, 0.3) is 0 Å². The van der Waals surface area contributed by atoms with Gasteiger partial charge in [0.05, 0.1) is 0 Å². The van der Waals surface area contributed by atoms with Crippen LogP contribution in [-0.2, 0) is 24.0 Å². The Balaban J connectivity index is 2.05. The number of rotatable bonds is 6. The number of carbonyl (C=O) groups excluding carboxylic acids is 1. The van der Waals surface area contributed by atoms with Gasteiger partial charge in [-0.05, 0) is 17.7 Å². The number of halogens is 2. The standard InChI is InChI=1S/C13H14Cl2N4OS/c1-19-12(6-5-11(16)20)17-18-13(19)21-7-8-9(14)3-2-4-10(8)15/h2-4H,5-7H2,1H3,(H2,16,20). The average Bonchev–Trinajstić information content (AvgIpc) is 2.77. The van der Waals surface area contributed by atoms with Crippen molar-refractivity contribution in [1.82, 2.24) is 14.8 Å². The second-order valence-corrected chi connectivity index (χ2v) is 6.17. The Labute approximate surface area is 136 Å². The predicted molar refractivity (Wildman–Crippen MR) is 84.5 cm³/mol. The zero-order valence-corrected chi connectivity index (χ0v) is 13.7. The van der Waals surface area contributed by atoms with Gasteiger partial charge in [0.1, 0.15) is 5.82 Å². The minimum atomic E-state index is -0.352. The Hall–Kier alpha value is -1.24. The number of aromatic nitrogens is 3. The predicted octanol–water partition coefficient (Wildman–Crippen LogP) is 2.83. The summed E-state index contributed by atoms with van der Waals surface area (Å²) in [5, 5.41) is 10.2. The van der Waals surface area contributed by atoms with Crippen LogP contribution in [0.1, 0.15) is 17.8 Å². The monoisotopic (exact) mass is 344 g/mol. The highest BCUT2D eigenvalue weighted by Crippen LogP contribution is 2.30. The second kappa shape index (κ2) is 7.15. The number of hydrogen-bond acceptors (Lipinski definition) is 4. The molecule has 0 aliphatic carbocycles. The van der Waals surface area contributed by atoms with Crippen LogP contribution >= 0.6 is 35.0 Å². The molecule has 0 fully saturated rings. The molecule has 21 heavy (non-hydrogen) atoms. The van der Waals surface area contributed by atoms with E-state index in [1.807, 2.05) is 17.7 Å². The van der Waals surface area contributed by atoms with Crippen molar-refractivity contribution in [3.8, 4) is 0 Å². The first-order valence-electron chi connectivity index (χ1n) is 6.21. The molecule has 2 rings (SSSR count). The molecule has 0 saturated carbocycles. The third-order valence-electron chi connectivity index (χ3n) is 2.93. The molecular formula is C13H14Cl2N4OS. The molecule has 2 N–H and O–H groups in total. The fraction of sp³-hybridized carbons (Fsp3) is 0.308. The smallest absolute Gasteiger partial charge is 0.217 e. The molecule has 0 aliphatic heterocycles. The van der Waals surface area contributed by atoms with E-state index in [2.05, 4.69) is 10.2 Å². The highest BCUT2D eigenvalue weighted by atomic mass is 35.5. The maximum Gasteiger partial charge on any atom is 0.217 e. The maximum absolute atomic E-state index is 10.8. The van der Waals surface area contributed by atoms with Crippen LogP contribution in [0.3, 0.4) is 0 Å². The summed E-state index contributed by atoms with van der Waals surface area (Å²) in [6, 6.07) is 5.42. The Kier molecular flexibility index (Phi) is 5.50. The van der Waals surface area contributed by atoms with Crippen LogP contribution in [0, 0.1) is 0 Å². The number of aryl methyl sites for hydroxylation is 1. The number of hydrogen-bond donors (Lipinski definition) is 1. The molecular weight excluding hydrogens is 331 g/mol. The lowest BCUT2D eigenvalue weighted by Gasteiger charge is -2.06. The van der Waals surface area contributed by atoms with Crippen molar-refractivity contribution in [2.45, 2.75) is 23.8 Å². The molecule has 0 aliphatic rings. The molecule has 0 bridgehead atoms. The van der Waals surface area contributed by atoms with Gasteiger partial charge in [-0.15, -0.1) is 10.2 Å². The van der Waals surface area contributed by atoms with Gasteiger partial charge in [0.2, 0.25) is 5.91 Å². The third kappa shape index (κ3) is 4.12. The molecule has 0 unspecified atom stereocenters. The van der Waals surface area contributed by atoms with E-state index in [0.717, 1.165) is 16.5 Å². The van der Waals surface area contributed by atoms with E-state index in [-0.39, 0.29) is 12.3 Å². The summed E-state index contributed by atoms with van der Waals surface area (Å²) >= 11 is 13.8. The molecule has 112 valence electrons. The number of benzene rings is 1. The molecule has 1 amide bonds. The molecule has 0 saturated heterocycles. The van der Waals surface area contributed by atoms with Crippen LogP contribution < -0.4 is 5.73 Å². The summed E-state index contributed by atoms with van der Waals surface area (Å²) in [5.41, 5.74) is 6.00. The lowest BCUT2D eigenvalue weighted by atomic mass is 10.2. The van der Waals surface area contributed by atoms with Crippen molar-refractivity contribution in [1.29, 1.82) is 0 Å². The van der Waals surface area contributed by atoms with Gasteiger partial charge in [-0.3, -0.25) is 4.79 Å². The van der Waals surface area contributed by atoms with Gasteiger partial charge in [-0.1, -0.05) is 41.0 Å². The number of nitrogens with two attached hydrogens (primary N) is 1. The van der Waals surface area contributed by atoms with Gasteiger partial charge in [0.25, 0.3) is 0 Å². The van der Waals surface area contributed by atoms with Crippen LogP contribution in [0.4, 0.5) is 0 Å². The molecule has 8 heteroatoms. The highest BCUT2D eigenvalue weighted by Gasteiger charge is 2.12. The molecule has 0 spiro atoms. The molecule has 0 atom stereocenters. The van der Waals surface area contributed by atoms with Crippen LogP contribution in [0.2, 0.25) is 10.0 Å². The Morgan fingerprint density at radius 3 is 2.62 bits per heavy atom. The number of amides is 1. The summed E-state index contributed by atoms with van der Waals surface area (Å²) in [4.78, 5) is 10.8.